The molecule has 8 heteroatoms. The Kier molecular flexibility index (Phi) is 15.2. The van der Waals surface area contributed by atoms with Crippen LogP contribution in [0.2, 0.25) is 0 Å². The van der Waals surface area contributed by atoms with Gasteiger partial charge in [-0.1, -0.05) is 83.3 Å². The lowest BCUT2D eigenvalue weighted by molar-refractivity contribution is -0.156. The van der Waals surface area contributed by atoms with Crippen LogP contribution in [-0.2, 0) is 20.7 Å². The Balaban J connectivity index is 1.39. The first-order chi connectivity index (χ1) is 21.8. The third kappa shape index (κ3) is 12.8. The molecule has 0 N–H and O–H groups in total. The molecule has 0 fully saturated rings. The van der Waals surface area contributed by atoms with Gasteiger partial charge >= 0.3 is 17.9 Å². The third-order valence-corrected chi connectivity index (χ3v) is 7.42. The SMILES string of the molecule is CCCCCCCCCCCCCc1cnc(-c2ccc(C(=O)Oc3ccc(C(=O)OC(C)C(=O)OC(C)C)cc3)cc2)nc1. The van der Waals surface area contributed by atoms with Crippen LogP contribution in [0, 0.1) is 0 Å². The Labute approximate surface area is 267 Å². The quantitative estimate of drug-likeness (QED) is 0.0748. The van der Waals surface area contributed by atoms with E-state index < -0.39 is 24.0 Å². The summed E-state index contributed by atoms with van der Waals surface area (Å²) in [4.78, 5) is 46.0. The van der Waals surface area contributed by atoms with Crippen LogP contribution < -0.4 is 4.74 Å². The number of nitrogens with zero attached hydrogens (tertiary/aromatic N) is 2. The highest BCUT2D eigenvalue weighted by Crippen LogP contribution is 2.19. The second kappa shape index (κ2) is 19.3. The molecule has 1 unspecified atom stereocenters. The molecule has 0 aliphatic rings. The van der Waals surface area contributed by atoms with E-state index in [0.717, 1.165) is 24.0 Å². The van der Waals surface area contributed by atoms with E-state index in [2.05, 4.69) is 16.9 Å². The number of benzene rings is 2. The predicted octanol–water partition coefficient (Wildman–Crippen LogP) is 8.71. The van der Waals surface area contributed by atoms with Crippen LogP contribution in [0.3, 0.4) is 0 Å². The fraction of sp³-hybridized carbons (Fsp3) is 0.486. The van der Waals surface area contributed by atoms with Gasteiger partial charge in [-0.3, -0.25) is 0 Å². The number of unbranched alkanes of at least 4 members (excludes halogenated alkanes) is 10. The smallest absolute Gasteiger partial charge is 0.347 e. The van der Waals surface area contributed by atoms with Gasteiger partial charge in [0.2, 0.25) is 0 Å². The summed E-state index contributed by atoms with van der Waals surface area (Å²) in [6.07, 6.45) is 18.0. The Bertz CT molecular complexity index is 1320. The summed E-state index contributed by atoms with van der Waals surface area (Å²) in [5.41, 5.74) is 2.53. The molecule has 3 rings (SSSR count). The minimum atomic E-state index is -1.04. The number of esters is 3. The molecule has 1 aromatic heterocycles. The maximum absolute atomic E-state index is 12.7. The van der Waals surface area contributed by atoms with Gasteiger partial charge < -0.3 is 14.2 Å². The van der Waals surface area contributed by atoms with E-state index in [1.165, 1.54) is 95.4 Å². The summed E-state index contributed by atoms with van der Waals surface area (Å²) in [6.45, 7) is 7.14. The predicted molar refractivity (Wildman–Crippen MR) is 175 cm³/mol. The van der Waals surface area contributed by atoms with Crippen LogP contribution in [0.15, 0.2) is 60.9 Å². The number of ether oxygens (including phenoxy) is 3. The number of hydrogen-bond acceptors (Lipinski definition) is 8. The molecule has 0 bridgehead atoms. The van der Waals surface area contributed by atoms with Crippen molar-refractivity contribution >= 4 is 17.9 Å². The Morgan fingerprint density at radius 3 is 1.71 bits per heavy atom. The number of rotatable bonds is 19. The fourth-order valence-corrected chi connectivity index (χ4v) is 4.81. The van der Waals surface area contributed by atoms with E-state index in [9.17, 15) is 14.4 Å². The number of aryl methyl sites for hydroxylation is 1. The molecule has 2 aromatic carbocycles. The number of aromatic nitrogens is 2. The molecular weight excluding hydrogens is 568 g/mol. The highest BCUT2D eigenvalue weighted by molar-refractivity contribution is 5.93. The molecule has 0 saturated carbocycles. The van der Waals surface area contributed by atoms with Gasteiger partial charge in [-0.25, -0.2) is 24.4 Å². The molecular formula is C37H48N2O6. The zero-order chi connectivity index (χ0) is 32.4. The third-order valence-electron chi connectivity index (χ3n) is 7.42. The average Bonchev–Trinajstić information content (AvgIpc) is 3.04. The molecule has 45 heavy (non-hydrogen) atoms. The molecule has 0 spiro atoms. The van der Waals surface area contributed by atoms with Gasteiger partial charge in [-0.2, -0.15) is 0 Å². The van der Waals surface area contributed by atoms with Crippen molar-refractivity contribution in [2.75, 3.05) is 0 Å². The molecule has 8 nitrogen and oxygen atoms in total. The van der Waals surface area contributed by atoms with Gasteiger partial charge in [0, 0.05) is 18.0 Å². The maximum atomic E-state index is 12.7. The van der Waals surface area contributed by atoms with Crippen molar-refractivity contribution in [2.45, 2.75) is 117 Å². The van der Waals surface area contributed by atoms with Crippen LogP contribution in [0.5, 0.6) is 5.75 Å². The van der Waals surface area contributed by atoms with Crippen molar-refractivity contribution in [1.29, 1.82) is 0 Å². The minimum Gasteiger partial charge on any atom is -0.460 e. The van der Waals surface area contributed by atoms with Gasteiger partial charge in [0.1, 0.15) is 5.75 Å². The molecule has 1 atom stereocenters. The normalized spacial score (nSPS) is 11.7. The summed E-state index contributed by atoms with van der Waals surface area (Å²) < 4.78 is 15.7. The first-order valence-electron chi connectivity index (χ1n) is 16.4. The Morgan fingerprint density at radius 1 is 0.644 bits per heavy atom. The lowest BCUT2D eigenvalue weighted by Crippen LogP contribution is -2.28. The molecule has 0 saturated heterocycles. The Morgan fingerprint density at radius 2 is 1.16 bits per heavy atom. The number of hydrogen-bond donors (Lipinski definition) is 0. The van der Waals surface area contributed by atoms with E-state index in [1.54, 1.807) is 38.1 Å². The van der Waals surface area contributed by atoms with Crippen molar-refractivity contribution in [3.63, 3.8) is 0 Å². The fourth-order valence-electron chi connectivity index (χ4n) is 4.81. The maximum Gasteiger partial charge on any atom is 0.347 e. The zero-order valence-electron chi connectivity index (χ0n) is 27.3. The second-order valence-electron chi connectivity index (χ2n) is 11.7. The second-order valence-corrected chi connectivity index (χ2v) is 11.7. The van der Waals surface area contributed by atoms with Gasteiger partial charge in [0.05, 0.1) is 17.2 Å². The van der Waals surface area contributed by atoms with Crippen LogP contribution in [-0.4, -0.2) is 40.1 Å². The van der Waals surface area contributed by atoms with Gasteiger partial charge in [0.25, 0.3) is 0 Å². The van der Waals surface area contributed by atoms with E-state index >= 15 is 0 Å². The van der Waals surface area contributed by atoms with Crippen molar-refractivity contribution < 1.29 is 28.6 Å². The topological polar surface area (TPSA) is 105 Å². The van der Waals surface area contributed by atoms with Gasteiger partial charge in [0.15, 0.2) is 11.9 Å². The summed E-state index contributed by atoms with van der Waals surface area (Å²) in [5.74, 6) is -0.962. The molecule has 3 aromatic rings. The van der Waals surface area contributed by atoms with E-state index in [-0.39, 0.29) is 17.4 Å². The highest BCUT2D eigenvalue weighted by Gasteiger charge is 2.21. The standard InChI is InChI=1S/C37H48N2O6/c1-5-6-7-8-9-10-11-12-13-14-15-16-29-25-38-34(39-26-29)30-17-19-31(20-18-30)37(42)45-33-23-21-32(22-24-33)36(41)44-28(4)35(40)43-27(2)3/h17-28H,5-16H2,1-4H3. The number of carbonyl (C=O) groups is 3. The van der Waals surface area contributed by atoms with Crippen molar-refractivity contribution in [1.82, 2.24) is 9.97 Å². The molecule has 0 amide bonds. The molecule has 1 heterocycles. The number of carbonyl (C=O) groups excluding carboxylic acids is 3. The lowest BCUT2D eigenvalue weighted by Gasteiger charge is -2.14. The minimum absolute atomic E-state index is 0.216. The Hall–Kier alpha value is -4.07. The van der Waals surface area contributed by atoms with Crippen LogP contribution in [0.25, 0.3) is 11.4 Å². The van der Waals surface area contributed by atoms with E-state index in [0.29, 0.717) is 11.4 Å². The molecule has 242 valence electrons. The monoisotopic (exact) mass is 616 g/mol. The van der Waals surface area contributed by atoms with Gasteiger partial charge in [-0.05, 0) is 75.6 Å². The summed E-state index contributed by atoms with van der Waals surface area (Å²) >= 11 is 0. The van der Waals surface area contributed by atoms with Crippen molar-refractivity contribution in [3.05, 3.63) is 77.6 Å². The van der Waals surface area contributed by atoms with Crippen LogP contribution in [0.4, 0.5) is 0 Å². The first kappa shape index (κ1) is 35.4. The van der Waals surface area contributed by atoms with Crippen LogP contribution in [0.1, 0.15) is 125 Å². The molecule has 0 aliphatic heterocycles. The summed E-state index contributed by atoms with van der Waals surface area (Å²) in [5, 5.41) is 0. The molecule has 0 aliphatic carbocycles. The lowest BCUT2D eigenvalue weighted by atomic mass is 10.0. The van der Waals surface area contributed by atoms with Crippen LogP contribution >= 0.6 is 0 Å². The zero-order valence-corrected chi connectivity index (χ0v) is 27.3. The summed E-state index contributed by atoms with van der Waals surface area (Å²) in [6, 6.07) is 12.8. The summed E-state index contributed by atoms with van der Waals surface area (Å²) in [7, 11) is 0. The van der Waals surface area contributed by atoms with Crippen molar-refractivity contribution in [2.24, 2.45) is 0 Å². The largest absolute Gasteiger partial charge is 0.460 e. The van der Waals surface area contributed by atoms with Gasteiger partial charge in [-0.15, -0.1) is 0 Å². The first-order valence-corrected chi connectivity index (χ1v) is 16.4. The average molecular weight is 617 g/mol. The van der Waals surface area contributed by atoms with Crippen molar-refractivity contribution in [3.8, 4) is 17.1 Å². The highest BCUT2D eigenvalue weighted by atomic mass is 16.6. The molecule has 0 radical (unpaired) electrons. The van der Waals surface area contributed by atoms with E-state index in [4.69, 9.17) is 14.2 Å². The van der Waals surface area contributed by atoms with E-state index in [1.807, 2.05) is 12.4 Å².